The summed E-state index contributed by atoms with van der Waals surface area (Å²) in [5.74, 6) is 3.13. The van der Waals surface area contributed by atoms with Crippen LogP contribution in [0.2, 0.25) is 0 Å². The number of hydrogen-bond acceptors (Lipinski definition) is 4. The molecule has 0 saturated carbocycles. The molecule has 0 N–H and O–H groups in total. The van der Waals surface area contributed by atoms with Crippen LogP contribution < -0.4 is 0 Å². The molecule has 2 aliphatic rings. The Morgan fingerprint density at radius 2 is 1.31 bits per heavy atom. The monoisotopic (exact) mass is 670 g/mol. The van der Waals surface area contributed by atoms with E-state index in [2.05, 4.69) is 128 Å². The highest BCUT2D eigenvalue weighted by Gasteiger charge is 2.37. The molecule has 0 saturated heterocycles. The van der Waals surface area contributed by atoms with Gasteiger partial charge in [-0.15, -0.1) is 0 Å². The molecule has 9 aromatic rings. The lowest BCUT2D eigenvalue weighted by molar-refractivity contribution is 0.502. The Morgan fingerprint density at radius 1 is 0.635 bits per heavy atom. The van der Waals surface area contributed by atoms with Crippen molar-refractivity contribution in [3.05, 3.63) is 162 Å². The molecule has 3 aromatic heterocycles. The van der Waals surface area contributed by atoms with E-state index < -0.39 is 0 Å². The molecule has 0 amide bonds. The number of fused-ring (bicyclic) bond motifs is 10. The van der Waals surface area contributed by atoms with Crippen LogP contribution in [0.15, 0.2) is 138 Å². The highest BCUT2D eigenvalue weighted by molar-refractivity contribution is 6.12. The predicted molar refractivity (Wildman–Crippen MR) is 211 cm³/mol. The normalized spacial score (nSPS) is 16.0. The zero-order chi connectivity index (χ0) is 34.7. The molecule has 6 aromatic carbocycles. The van der Waals surface area contributed by atoms with E-state index in [4.69, 9.17) is 19.4 Å². The smallest absolute Gasteiger partial charge is 0.238 e. The highest BCUT2D eigenvalue weighted by Crippen LogP contribution is 2.52. The molecule has 1 unspecified atom stereocenters. The maximum Gasteiger partial charge on any atom is 0.238 e. The number of rotatable bonds is 3. The van der Waals surface area contributed by atoms with E-state index in [0.717, 1.165) is 50.9 Å². The van der Waals surface area contributed by atoms with Crippen LogP contribution in [0.5, 0.6) is 0 Å². The van der Waals surface area contributed by atoms with Crippen molar-refractivity contribution in [2.45, 2.75) is 38.5 Å². The van der Waals surface area contributed by atoms with E-state index in [0.29, 0.717) is 17.6 Å². The lowest BCUT2D eigenvalue weighted by Crippen LogP contribution is -2.15. The van der Waals surface area contributed by atoms with Crippen molar-refractivity contribution in [2.24, 2.45) is 0 Å². The first-order valence-corrected chi connectivity index (χ1v) is 18.1. The summed E-state index contributed by atoms with van der Waals surface area (Å²) in [4.78, 5) is 15.8. The number of benzene rings is 6. The van der Waals surface area contributed by atoms with Crippen molar-refractivity contribution in [3.63, 3.8) is 0 Å². The fourth-order valence-corrected chi connectivity index (χ4v) is 8.79. The Morgan fingerprint density at radius 3 is 2.15 bits per heavy atom. The second-order valence-electron chi connectivity index (χ2n) is 14.9. The van der Waals surface area contributed by atoms with Crippen molar-refractivity contribution in [1.29, 1.82) is 0 Å². The molecule has 3 heterocycles. The zero-order valence-electron chi connectivity index (χ0n) is 29.2. The van der Waals surface area contributed by atoms with Gasteiger partial charge in [0.15, 0.2) is 11.6 Å². The molecule has 0 fully saturated rings. The Balaban J connectivity index is 1.19. The average molecular weight is 671 g/mol. The number of hydrogen-bond donors (Lipinski definition) is 0. The molecular formula is C47H34N4O. The van der Waals surface area contributed by atoms with Gasteiger partial charge in [-0.1, -0.05) is 118 Å². The molecule has 5 heteroatoms. The van der Waals surface area contributed by atoms with Gasteiger partial charge in [0.2, 0.25) is 5.95 Å². The topological polar surface area (TPSA) is 56.7 Å². The van der Waals surface area contributed by atoms with Crippen LogP contribution in [0.4, 0.5) is 0 Å². The molecule has 52 heavy (non-hydrogen) atoms. The molecular weight excluding hydrogens is 637 g/mol. The van der Waals surface area contributed by atoms with Crippen molar-refractivity contribution in [1.82, 2.24) is 19.5 Å². The van der Waals surface area contributed by atoms with E-state index >= 15 is 0 Å². The van der Waals surface area contributed by atoms with Crippen molar-refractivity contribution < 1.29 is 4.42 Å². The summed E-state index contributed by atoms with van der Waals surface area (Å²) in [6, 6.07) is 45.4. The van der Waals surface area contributed by atoms with Crippen LogP contribution >= 0.6 is 0 Å². The Hall–Kier alpha value is -6.33. The van der Waals surface area contributed by atoms with Crippen LogP contribution in [0.1, 0.15) is 61.4 Å². The van der Waals surface area contributed by atoms with Gasteiger partial charge >= 0.3 is 0 Å². The largest absolute Gasteiger partial charge is 0.460 e. The third kappa shape index (κ3) is 4.08. The fourth-order valence-electron chi connectivity index (χ4n) is 8.79. The Labute approximate surface area is 300 Å². The Kier molecular flexibility index (Phi) is 5.99. The number of allylic oxidation sites excluding steroid dienone is 1. The van der Waals surface area contributed by atoms with Crippen molar-refractivity contribution >= 4 is 49.1 Å². The number of furan rings is 1. The zero-order valence-corrected chi connectivity index (χ0v) is 29.2. The lowest BCUT2D eigenvalue weighted by atomic mass is 9.81. The number of aromatic nitrogens is 4. The Bertz CT molecular complexity index is 2980. The first-order valence-electron chi connectivity index (χ1n) is 18.1. The standard InChI is InChI=1S/C47H34N4O/c1-27-21-22-33(42-32-18-10-12-20-41(32)52-43(27)42)45-48-44(28-13-5-4-6-14-28)49-46(50-45)51-39-19-11-9-17-31(39)36-25-35-34-23-29-15-7-8-16-30(29)24-37(34)47(2,3)38(35)26-40(36)51/h4-20,22-27H,21H2,1-3H3. The quantitative estimate of drug-likeness (QED) is 0.188. The first kappa shape index (κ1) is 29.4. The van der Waals surface area contributed by atoms with E-state index in [-0.39, 0.29) is 11.3 Å². The summed E-state index contributed by atoms with van der Waals surface area (Å²) in [5.41, 5.74) is 11.1. The average Bonchev–Trinajstić information content (AvgIpc) is 3.80. The van der Waals surface area contributed by atoms with E-state index in [1.54, 1.807) is 0 Å². The first-order chi connectivity index (χ1) is 25.4. The van der Waals surface area contributed by atoms with Gasteiger partial charge in [0.1, 0.15) is 11.3 Å². The lowest BCUT2D eigenvalue weighted by Gasteiger charge is -2.22. The minimum atomic E-state index is -0.189. The van der Waals surface area contributed by atoms with Gasteiger partial charge in [-0.2, -0.15) is 9.97 Å². The van der Waals surface area contributed by atoms with Crippen LogP contribution in [0.25, 0.3) is 77.6 Å². The van der Waals surface area contributed by atoms with Gasteiger partial charge in [-0.05, 0) is 75.8 Å². The summed E-state index contributed by atoms with van der Waals surface area (Å²) >= 11 is 0. The predicted octanol–water partition coefficient (Wildman–Crippen LogP) is 11.8. The summed E-state index contributed by atoms with van der Waals surface area (Å²) < 4.78 is 8.73. The van der Waals surface area contributed by atoms with Gasteiger partial charge in [-0.3, -0.25) is 4.57 Å². The number of para-hydroxylation sites is 2. The molecule has 248 valence electrons. The van der Waals surface area contributed by atoms with Gasteiger partial charge in [-0.25, -0.2) is 4.98 Å². The van der Waals surface area contributed by atoms with Gasteiger partial charge in [0.05, 0.1) is 11.0 Å². The third-order valence-electron chi connectivity index (χ3n) is 11.4. The van der Waals surface area contributed by atoms with E-state index in [1.807, 2.05) is 30.3 Å². The number of nitrogens with zero attached hydrogens (tertiary/aromatic N) is 4. The van der Waals surface area contributed by atoms with Crippen molar-refractivity contribution in [3.8, 4) is 28.5 Å². The van der Waals surface area contributed by atoms with Gasteiger partial charge in [0, 0.05) is 44.2 Å². The molecule has 1 atom stereocenters. The van der Waals surface area contributed by atoms with Crippen LogP contribution in [-0.2, 0) is 5.41 Å². The molecule has 5 nitrogen and oxygen atoms in total. The van der Waals surface area contributed by atoms with Gasteiger partial charge in [0.25, 0.3) is 0 Å². The summed E-state index contributed by atoms with van der Waals surface area (Å²) in [6.07, 6.45) is 3.13. The van der Waals surface area contributed by atoms with Crippen LogP contribution in [0, 0.1) is 0 Å². The minimum Gasteiger partial charge on any atom is -0.460 e. The molecule has 0 bridgehead atoms. The second-order valence-corrected chi connectivity index (χ2v) is 14.9. The third-order valence-corrected chi connectivity index (χ3v) is 11.4. The van der Waals surface area contributed by atoms with E-state index in [1.165, 1.54) is 43.8 Å². The van der Waals surface area contributed by atoms with E-state index in [9.17, 15) is 0 Å². The molecule has 11 rings (SSSR count). The molecule has 0 aliphatic heterocycles. The fraction of sp³-hybridized carbons (Fsp3) is 0.128. The summed E-state index contributed by atoms with van der Waals surface area (Å²) in [7, 11) is 0. The maximum atomic E-state index is 6.48. The molecule has 2 aliphatic carbocycles. The minimum absolute atomic E-state index is 0.189. The highest BCUT2D eigenvalue weighted by atomic mass is 16.3. The molecule has 0 radical (unpaired) electrons. The summed E-state index contributed by atoms with van der Waals surface area (Å²) in [6.45, 7) is 6.92. The second kappa shape index (κ2) is 10.6. The van der Waals surface area contributed by atoms with Crippen LogP contribution in [0.3, 0.4) is 0 Å². The molecule has 0 spiro atoms. The maximum absolute atomic E-state index is 6.48. The van der Waals surface area contributed by atoms with Gasteiger partial charge < -0.3 is 4.42 Å². The summed E-state index contributed by atoms with van der Waals surface area (Å²) in [5, 5.41) is 5.97. The van der Waals surface area contributed by atoms with Crippen molar-refractivity contribution in [2.75, 3.05) is 0 Å². The SMILES string of the molecule is CC1CC=C(c2nc(-c3ccccc3)nc(-n3c4ccccc4c4cc5c(cc43)C(C)(C)c3cc4ccccc4cc3-5)n2)c2c1oc1ccccc21. The van der Waals surface area contributed by atoms with Crippen LogP contribution in [-0.4, -0.2) is 19.5 Å².